The zero-order valence-corrected chi connectivity index (χ0v) is 19.3. The van der Waals surface area contributed by atoms with E-state index in [1.807, 2.05) is 44.2 Å². The van der Waals surface area contributed by atoms with Crippen LogP contribution in [0.3, 0.4) is 0 Å². The summed E-state index contributed by atoms with van der Waals surface area (Å²) in [6.07, 6.45) is 2.16. The van der Waals surface area contributed by atoms with Crippen LogP contribution in [0.2, 0.25) is 0 Å². The Labute approximate surface area is 180 Å². The summed E-state index contributed by atoms with van der Waals surface area (Å²) in [5.74, 6) is 0.151. The summed E-state index contributed by atoms with van der Waals surface area (Å²) in [5, 5.41) is 3.20. The van der Waals surface area contributed by atoms with Gasteiger partial charge in [-0.05, 0) is 36.2 Å². The minimum atomic E-state index is -3.44. The topological polar surface area (TPSA) is 85.6 Å². The van der Waals surface area contributed by atoms with Crippen LogP contribution in [0.15, 0.2) is 30.3 Å². The van der Waals surface area contributed by atoms with Gasteiger partial charge in [-0.3, -0.25) is 5.32 Å². The van der Waals surface area contributed by atoms with Gasteiger partial charge in [-0.2, -0.15) is 0 Å². The number of sulfonamides is 1. The van der Waals surface area contributed by atoms with Gasteiger partial charge in [-0.15, -0.1) is 0 Å². The molecule has 3 aliphatic rings. The van der Waals surface area contributed by atoms with Crippen molar-refractivity contribution >= 4 is 16.0 Å². The summed E-state index contributed by atoms with van der Waals surface area (Å²) in [6.45, 7) is 9.55. The molecule has 0 amide bonds. The van der Waals surface area contributed by atoms with Gasteiger partial charge in [-0.1, -0.05) is 58.0 Å². The Hall–Kier alpha value is -1.44. The van der Waals surface area contributed by atoms with Crippen molar-refractivity contribution in [2.24, 2.45) is 16.7 Å². The van der Waals surface area contributed by atoms with E-state index < -0.39 is 21.0 Å². The third-order valence-electron chi connectivity index (χ3n) is 8.29. The number of fused-ring (bicyclic) bond motifs is 2. The molecule has 0 radical (unpaired) electrons. The van der Waals surface area contributed by atoms with Gasteiger partial charge in [-0.25, -0.2) is 17.5 Å². The highest BCUT2D eigenvalue weighted by Crippen LogP contribution is 2.67. The lowest BCUT2D eigenvalue weighted by Gasteiger charge is -2.42. The van der Waals surface area contributed by atoms with Gasteiger partial charge in [0.15, 0.2) is 5.54 Å². The molecule has 166 valence electrons. The van der Waals surface area contributed by atoms with Crippen molar-refractivity contribution in [3.8, 4) is 0 Å². The van der Waals surface area contributed by atoms with Crippen LogP contribution >= 0.6 is 0 Å². The van der Waals surface area contributed by atoms with E-state index in [0.717, 1.165) is 24.8 Å². The molecule has 1 heterocycles. The molecule has 4 rings (SSSR count). The summed E-state index contributed by atoms with van der Waals surface area (Å²) >= 11 is 0. The Morgan fingerprint density at radius 3 is 2.37 bits per heavy atom. The van der Waals surface area contributed by atoms with Crippen molar-refractivity contribution in [1.82, 2.24) is 9.62 Å². The molecule has 2 aliphatic carbocycles. The first-order valence-electron chi connectivity index (χ1n) is 11.1. The highest BCUT2D eigenvalue weighted by molar-refractivity contribution is 7.89. The number of esters is 1. The standard InChI is InChI=1S/C23H34N2O4S/c1-5-25(6-2)30(27,28)16-22-13-12-18(21(22,3)4)14-19(22)29-20(26)23(15-24-23)17-10-8-7-9-11-17/h7-11,18-19,24H,5-6,12-16H2,1-4H3/t18-,19-,22+,23+/m1/s1. The largest absolute Gasteiger partial charge is 0.460 e. The van der Waals surface area contributed by atoms with Gasteiger partial charge in [0.25, 0.3) is 0 Å². The Bertz CT molecular complexity index is 906. The van der Waals surface area contributed by atoms with Crippen molar-refractivity contribution in [1.29, 1.82) is 0 Å². The van der Waals surface area contributed by atoms with Crippen molar-refractivity contribution < 1.29 is 17.9 Å². The third-order valence-corrected chi connectivity index (χ3v) is 10.5. The molecule has 30 heavy (non-hydrogen) atoms. The van der Waals surface area contributed by atoms with E-state index in [0.29, 0.717) is 25.6 Å². The highest BCUT2D eigenvalue weighted by Gasteiger charge is 2.68. The van der Waals surface area contributed by atoms with Crippen LogP contribution < -0.4 is 5.32 Å². The van der Waals surface area contributed by atoms with Crippen LogP contribution in [0.5, 0.6) is 0 Å². The maximum absolute atomic E-state index is 13.3. The molecule has 6 nitrogen and oxygen atoms in total. The molecular weight excluding hydrogens is 400 g/mol. The molecule has 2 bridgehead atoms. The number of nitrogens with zero attached hydrogens (tertiary/aromatic N) is 1. The van der Waals surface area contributed by atoms with E-state index in [-0.39, 0.29) is 23.2 Å². The SMILES string of the molecule is CCN(CC)S(=O)(=O)C[C@@]12CC[C@H](C[C@H]1OC(=O)[C@@]1(c3ccccc3)CN1)C2(C)C. The van der Waals surface area contributed by atoms with Crippen LogP contribution in [0.4, 0.5) is 0 Å². The molecule has 0 aromatic heterocycles. The van der Waals surface area contributed by atoms with Crippen molar-refractivity contribution in [2.75, 3.05) is 25.4 Å². The number of benzene rings is 1. The number of hydrogen-bond donors (Lipinski definition) is 1. The van der Waals surface area contributed by atoms with Gasteiger partial charge >= 0.3 is 5.97 Å². The maximum Gasteiger partial charge on any atom is 0.332 e. The Morgan fingerprint density at radius 1 is 1.20 bits per heavy atom. The first-order chi connectivity index (χ1) is 14.1. The summed E-state index contributed by atoms with van der Waals surface area (Å²) in [6, 6.07) is 9.64. The van der Waals surface area contributed by atoms with E-state index in [2.05, 4.69) is 19.2 Å². The number of carbonyl (C=O) groups is 1. The lowest BCUT2D eigenvalue weighted by Crippen LogP contribution is -2.50. The van der Waals surface area contributed by atoms with Crippen LogP contribution in [-0.4, -0.2) is 50.2 Å². The van der Waals surface area contributed by atoms with E-state index in [4.69, 9.17) is 4.74 Å². The number of hydrogen-bond acceptors (Lipinski definition) is 5. The lowest BCUT2D eigenvalue weighted by atomic mass is 9.69. The van der Waals surface area contributed by atoms with Gasteiger partial charge in [0, 0.05) is 25.0 Å². The molecule has 0 unspecified atom stereocenters. The quantitative estimate of drug-likeness (QED) is 0.502. The molecular formula is C23H34N2O4S. The molecule has 1 aromatic carbocycles. The smallest absolute Gasteiger partial charge is 0.332 e. The normalized spacial score (nSPS) is 34.3. The first kappa shape index (κ1) is 21.8. The van der Waals surface area contributed by atoms with E-state index in [9.17, 15) is 13.2 Å². The maximum atomic E-state index is 13.3. The fraction of sp³-hybridized carbons (Fsp3) is 0.696. The Morgan fingerprint density at radius 2 is 1.83 bits per heavy atom. The van der Waals surface area contributed by atoms with Crippen LogP contribution in [-0.2, 0) is 25.1 Å². The zero-order chi connectivity index (χ0) is 21.8. The monoisotopic (exact) mass is 434 g/mol. The predicted molar refractivity (Wildman–Crippen MR) is 116 cm³/mol. The lowest BCUT2D eigenvalue weighted by molar-refractivity contribution is -0.160. The molecule has 3 fully saturated rings. The van der Waals surface area contributed by atoms with Crippen LogP contribution in [0.1, 0.15) is 52.5 Å². The fourth-order valence-corrected chi connectivity index (χ4v) is 8.37. The second-order valence-corrected chi connectivity index (χ2v) is 11.7. The average Bonchev–Trinajstić information content (AvgIpc) is 3.45. The highest BCUT2D eigenvalue weighted by atomic mass is 32.2. The van der Waals surface area contributed by atoms with Crippen molar-refractivity contribution in [2.45, 2.75) is 58.6 Å². The predicted octanol–water partition coefficient (Wildman–Crippen LogP) is 2.89. The van der Waals surface area contributed by atoms with Crippen LogP contribution in [0, 0.1) is 16.7 Å². The van der Waals surface area contributed by atoms with Crippen molar-refractivity contribution in [3.63, 3.8) is 0 Å². The molecule has 2 saturated carbocycles. The third kappa shape index (κ3) is 3.12. The van der Waals surface area contributed by atoms with Gasteiger partial charge in [0.05, 0.1) is 5.75 Å². The minimum absolute atomic E-state index is 0.0505. The number of carbonyl (C=O) groups excluding carboxylic acids is 1. The summed E-state index contributed by atoms with van der Waals surface area (Å²) in [5.41, 5.74) is -0.606. The average molecular weight is 435 g/mol. The van der Waals surface area contributed by atoms with Gasteiger partial charge < -0.3 is 4.74 Å². The first-order valence-corrected chi connectivity index (χ1v) is 12.7. The summed E-state index contributed by atoms with van der Waals surface area (Å²) in [7, 11) is -3.44. The van der Waals surface area contributed by atoms with Gasteiger partial charge in [0.2, 0.25) is 10.0 Å². The number of nitrogens with one attached hydrogen (secondary N) is 1. The molecule has 0 spiro atoms. The van der Waals surface area contributed by atoms with Crippen molar-refractivity contribution in [3.05, 3.63) is 35.9 Å². The Kier molecular flexibility index (Phi) is 5.31. The fourth-order valence-electron chi connectivity index (χ4n) is 6.05. The second-order valence-electron chi connectivity index (χ2n) is 9.71. The molecule has 1 aromatic rings. The molecule has 1 saturated heterocycles. The second kappa shape index (κ2) is 7.31. The molecule has 1 N–H and O–H groups in total. The zero-order valence-electron chi connectivity index (χ0n) is 18.5. The van der Waals surface area contributed by atoms with E-state index in [1.54, 1.807) is 0 Å². The molecule has 4 atom stereocenters. The van der Waals surface area contributed by atoms with E-state index in [1.165, 1.54) is 4.31 Å². The molecule has 7 heteroatoms. The summed E-state index contributed by atoms with van der Waals surface area (Å²) < 4.78 is 34.2. The Balaban J connectivity index is 1.61. The van der Waals surface area contributed by atoms with E-state index >= 15 is 0 Å². The van der Waals surface area contributed by atoms with Gasteiger partial charge in [0.1, 0.15) is 6.10 Å². The molecule has 1 aliphatic heterocycles. The summed E-state index contributed by atoms with van der Waals surface area (Å²) in [4.78, 5) is 13.3. The number of rotatable bonds is 8. The minimum Gasteiger partial charge on any atom is -0.460 e. The number of ether oxygens (including phenoxy) is 1. The van der Waals surface area contributed by atoms with Crippen LogP contribution in [0.25, 0.3) is 0 Å².